The monoisotopic (exact) mass is 502 g/mol. The van der Waals surface area contributed by atoms with E-state index in [2.05, 4.69) is 26.1 Å². The summed E-state index contributed by atoms with van der Waals surface area (Å²) in [4.78, 5) is 15.0. The fourth-order valence-corrected chi connectivity index (χ4v) is 4.81. The van der Waals surface area contributed by atoms with Crippen LogP contribution in [0.1, 0.15) is 55.4 Å². The van der Waals surface area contributed by atoms with Crippen LogP contribution in [0.5, 0.6) is 0 Å². The van der Waals surface area contributed by atoms with Crippen LogP contribution in [0.15, 0.2) is 30.3 Å². The van der Waals surface area contributed by atoms with Crippen LogP contribution in [0.3, 0.4) is 0 Å². The number of nitrogens with zero attached hydrogens (tertiary/aromatic N) is 1. The van der Waals surface area contributed by atoms with Crippen LogP contribution < -0.4 is 10.2 Å². The molecule has 4 rings (SSSR count). The van der Waals surface area contributed by atoms with Gasteiger partial charge in [-0.3, -0.25) is 0 Å². The van der Waals surface area contributed by atoms with Gasteiger partial charge in [0.15, 0.2) is 0 Å². The van der Waals surface area contributed by atoms with Gasteiger partial charge in [0.05, 0.1) is 24.5 Å². The number of aromatic carboxylic acids is 1. The summed E-state index contributed by atoms with van der Waals surface area (Å²) in [6, 6.07) is 8.91. The van der Waals surface area contributed by atoms with Gasteiger partial charge >= 0.3 is 5.97 Å². The highest BCUT2D eigenvalue weighted by Crippen LogP contribution is 2.40. The number of rotatable bonds is 3. The van der Waals surface area contributed by atoms with E-state index in [9.17, 15) is 14.3 Å². The van der Waals surface area contributed by atoms with Gasteiger partial charge in [0, 0.05) is 39.2 Å². The maximum absolute atomic E-state index is 14.2. The molecule has 0 aliphatic carbocycles. The summed E-state index contributed by atoms with van der Waals surface area (Å²) in [6.45, 7) is 16.7. The molecule has 0 unspecified atom stereocenters. The van der Waals surface area contributed by atoms with Crippen LogP contribution in [-0.4, -0.2) is 50.0 Å². The minimum Gasteiger partial charge on any atom is -0.478 e. The average molecular weight is 503 g/mol. The number of morpholine rings is 1. The van der Waals surface area contributed by atoms with Gasteiger partial charge in [-0.25, -0.2) is 9.18 Å². The second kappa shape index (κ2) is 12.5. The topological polar surface area (TPSA) is 61.8 Å². The Balaban J connectivity index is 0.000000474. The van der Waals surface area contributed by atoms with Gasteiger partial charge in [-0.1, -0.05) is 19.9 Å². The molecular formula is C28H39FN2O3S. The lowest BCUT2D eigenvalue weighted by Gasteiger charge is -2.30. The molecule has 0 saturated carbocycles. The fraction of sp³-hybridized carbons (Fsp3) is 0.464. The summed E-state index contributed by atoms with van der Waals surface area (Å²) >= 11 is 1.60. The number of carboxylic acids is 1. The molecule has 0 radical (unpaired) electrons. The van der Waals surface area contributed by atoms with E-state index in [1.165, 1.54) is 0 Å². The van der Waals surface area contributed by atoms with Crippen molar-refractivity contribution in [2.24, 2.45) is 0 Å². The lowest BCUT2D eigenvalue weighted by atomic mass is 9.98. The Morgan fingerprint density at radius 3 is 2.26 bits per heavy atom. The number of carboxylic acid groups (broad SMARTS) is 1. The highest BCUT2D eigenvalue weighted by molar-refractivity contribution is 7.19. The van der Waals surface area contributed by atoms with Crippen LogP contribution in [0, 0.1) is 19.7 Å². The predicted molar refractivity (Wildman–Crippen MR) is 147 cm³/mol. The Morgan fingerprint density at radius 1 is 1.11 bits per heavy atom. The van der Waals surface area contributed by atoms with Gasteiger partial charge in [-0.2, -0.15) is 0 Å². The van der Waals surface area contributed by atoms with E-state index >= 15 is 0 Å². The molecule has 2 N–H and O–H groups in total. The molecule has 7 heteroatoms. The highest BCUT2D eigenvalue weighted by Gasteiger charge is 2.21. The molecule has 0 amide bonds. The summed E-state index contributed by atoms with van der Waals surface area (Å²) in [5.74, 6) is -1.21. The van der Waals surface area contributed by atoms with Crippen LogP contribution >= 0.6 is 11.3 Å². The van der Waals surface area contributed by atoms with Gasteiger partial charge < -0.3 is 20.1 Å². The van der Waals surface area contributed by atoms with E-state index in [-0.39, 0.29) is 11.4 Å². The molecule has 2 aromatic carbocycles. The lowest BCUT2D eigenvalue weighted by molar-refractivity contribution is 0.0696. The third-order valence-corrected chi connectivity index (χ3v) is 6.83. The zero-order valence-corrected chi connectivity index (χ0v) is 23.0. The minimum absolute atomic E-state index is 0.245. The maximum atomic E-state index is 14.2. The number of nitrogens with one attached hydrogen (secondary N) is 1. The zero-order valence-electron chi connectivity index (χ0n) is 22.2. The first-order valence-electron chi connectivity index (χ1n) is 12.1. The Bertz CT molecular complexity index is 1150. The van der Waals surface area contributed by atoms with E-state index in [0.29, 0.717) is 43.1 Å². The molecule has 1 aliphatic heterocycles. The largest absolute Gasteiger partial charge is 0.478 e. The van der Waals surface area contributed by atoms with Crippen LogP contribution in [-0.2, 0) is 4.74 Å². The lowest BCUT2D eigenvalue weighted by Crippen LogP contribution is -2.37. The second-order valence-electron chi connectivity index (χ2n) is 9.27. The van der Waals surface area contributed by atoms with Crippen LogP contribution in [0.2, 0.25) is 0 Å². The molecule has 192 valence electrons. The molecule has 2 heterocycles. The summed E-state index contributed by atoms with van der Waals surface area (Å²) in [5.41, 5.74) is 3.58. The number of halogens is 1. The molecule has 1 aromatic heterocycles. The van der Waals surface area contributed by atoms with Crippen LogP contribution in [0.4, 0.5) is 10.1 Å². The number of aryl methyl sites for hydroxylation is 2. The third-order valence-electron chi connectivity index (χ3n) is 5.76. The number of thiophene rings is 1. The molecule has 0 spiro atoms. The first-order chi connectivity index (χ1) is 16.5. The third kappa shape index (κ3) is 7.26. The predicted octanol–water partition coefficient (Wildman–Crippen LogP) is 6.89. The van der Waals surface area contributed by atoms with E-state index in [1.807, 2.05) is 50.9 Å². The molecule has 0 atom stereocenters. The number of fused-ring (bicyclic) bond motifs is 1. The first kappa shape index (κ1) is 28.8. The first-order valence-corrected chi connectivity index (χ1v) is 12.9. The van der Waals surface area contributed by atoms with Crippen molar-refractivity contribution in [2.45, 2.75) is 54.0 Å². The summed E-state index contributed by atoms with van der Waals surface area (Å²) in [5, 5.41) is 13.7. The Morgan fingerprint density at radius 2 is 1.71 bits per heavy atom. The van der Waals surface area contributed by atoms with Crippen LogP contribution in [0.25, 0.3) is 21.2 Å². The van der Waals surface area contributed by atoms with Gasteiger partial charge in [0.2, 0.25) is 0 Å². The molecule has 1 saturated heterocycles. The summed E-state index contributed by atoms with van der Waals surface area (Å²) in [6.07, 6.45) is 0. The maximum Gasteiger partial charge on any atom is 0.337 e. The van der Waals surface area contributed by atoms with Gasteiger partial charge in [0.25, 0.3) is 0 Å². The standard InChI is InChI=1S/C21H20FNO3S.C5H13N.C2H6/c1-12-9-19-16(11-17(12)22)20(13(2)27-19)14-3-4-18(15(10-14)21(24)25)23-5-7-26-8-6-23;1-5(2,3)6-4;1-2/h3-4,9-11H,5-8H2,1-2H3,(H,24,25);6H,1-4H3;1-2H3. The molecule has 1 fully saturated rings. The van der Waals surface area contributed by atoms with E-state index < -0.39 is 5.97 Å². The number of benzene rings is 2. The van der Waals surface area contributed by atoms with Crippen molar-refractivity contribution in [3.63, 3.8) is 0 Å². The second-order valence-corrected chi connectivity index (χ2v) is 10.5. The minimum atomic E-state index is -0.961. The molecule has 3 aromatic rings. The average Bonchev–Trinajstić information content (AvgIpc) is 3.15. The van der Waals surface area contributed by atoms with Gasteiger partial charge in [0.1, 0.15) is 5.82 Å². The Kier molecular flexibility index (Phi) is 10.2. The van der Waals surface area contributed by atoms with Crippen molar-refractivity contribution in [2.75, 3.05) is 38.3 Å². The number of carbonyl (C=O) groups is 1. The van der Waals surface area contributed by atoms with Crippen molar-refractivity contribution in [1.29, 1.82) is 0 Å². The molecule has 35 heavy (non-hydrogen) atoms. The van der Waals surface area contributed by atoms with Crippen molar-refractivity contribution in [3.05, 3.63) is 52.2 Å². The number of hydrogen-bond donors (Lipinski definition) is 2. The SMILES string of the molecule is CC.CNC(C)(C)C.Cc1cc2sc(C)c(-c3ccc(N4CCOCC4)c(C(=O)O)c3)c2cc1F. The Labute approximate surface area is 212 Å². The molecular weight excluding hydrogens is 463 g/mol. The smallest absolute Gasteiger partial charge is 0.337 e. The normalized spacial score (nSPS) is 13.6. The Hall–Kier alpha value is -2.48. The number of ether oxygens (including phenoxy) is 1. The van der Waals surface area contributed by atoms with Crippen molar-refractivity contribution in [1.82, 2.24) is 5.32 Å². The van der Waals surface area contributed by atoms with Crippen molar-refractivity contribution >= 4 is 33.1 Å². The highest BCUT2D eigenvalue weighted by atomic mass is 32.1. The fourth-order valence-electron chi connectivity index (χ4n) is 3.64. The quantitative estimate of drug-likeness (QED) is 0.408. The number of anilines is 1. The van der Waals surface area contributed by atoms with E-state index in [4.69, 9.17) is 4.74 Å². The van der Waals surface area contributed by atoms with Crippen molar-refractivity contribution in [3.8, 4) is 11.1 Å². The van der Waals surface area contributed by atoms with Gasteiger partial charge in [-0.05, 0) is 77.1 Å². The molecule has 1 aliphatic rings. The zero-order chi connectivity index (χ0) is 26.3. The van der Waals surface area contributed by atoms with E-state index in [1.54, 1.807) is 30.4 Å². The number of hydrogen-bond acceptors (Lipinski definition) is 5. The van der Waals surface area contributed by atoms with Gasteiger partial charge in [-0.15, -0.1) is 11.3 Å². The summed E-state index contributed by atoms with van der Waals surface area (Å²) in [7, 11) is 1.96. The summed E-state index contributed by atoms with van der Waals surface area (Å²) < 4.78 is 20.5. The van der Waals surface area contributed by atoms with E-state index in [0.717, 1.165) is 26.1 Å². The molecule has 0 bridgehead atoms. The van der Waals surface area contributed by atoms with Crippen molar-refractivity contribution < 1.29 is 19.0 Å². The molecule has 5 nitrogen and oxygen atoms in total.